The van der Waals surface area contributed by atoms with Crippen LogP contribution >= 0.6 is 39.1 Å². The number of rotatable bonds is 3. The van der Waals surface area contributed by atoms with Crippen molar-refractivity contribution in [2.45, 2.75) is 13.0 Å². The highest BCUT2D eigenvalue weighted by Gasteiger charge is 2.14. The van der Waals surface area contributed by atoms with E-state index in [1.165, 1.54) is 5.56 Å². The monoisotopic (exact) mass is 358 g/mol. The van der Waals surface area contributed by atoms with Crippen LogP contribution in [0.1, 0.15) is 22.7 Å². The molecule has 2 aromatic carbocycles. The highest BCUT2D eigenvalue weighted by atomic mass is 79.9. The van der Waals surface area contributed by atoms with Gasteiger partial charge in [-0.2, -0.15) is 0 Å². The molecule has 0 amide bonds. The molecular formula is C14H13BrCl2N2. The van der Waals surface area contributed by atoms with Crippen molar-refractivity contribution in [3.05, 3.63) is 67.6 Å². The molecule has 0 bridgehead atoms. The van der Waals surface area contributed by atoms with Gasteiger partial charge in [-0.05, 0) is 41.8 Å². The molecule has 100 valence electrons. The molecule has 0 aliphatic heterocycles. The zero-order valence-electron chi connectivity index (χ0n) is 10.3. The van der Waals surface area contributed by atoms with Crippen molar-refractivity contribution in [3.63, 3.8) is 0 Å². The summed E-state index contributed by atoms with van der Waals surface area (Å²) in [4.78, 5) is 0. The lowest BCUT2D eigenvalue weighted by Crippen LogP contribution is -2.28. The second-order valence-electron chi connectivity index (χ2n) is 4.28. The molecule has 1 unspecified atom stereocenters. The van der Waals surface area contributed by atoms with E-state index in [0.29, 0.717) is 10.0 Å². The second kappa shape index (κ2) is 6.25. The number of hydrazine groups is 1. The summed E-state index contributed by atoms with van der Waals surface area (Å²) in [5.41, 5.74) is 6.00. The first-order valence-corrected chi connectivity index (χ1v) is 7.25. The van der Waals surface area contributed by atoms with E-state index < -0.39 is 0 Å². The Morgan fingerprint density at radius 1 is 1.05 bits per heavy atom. The molecule has 0 saturated heterocycles. The normalized spacial score (nSPS) is 12.5. The molecule has 3 N–H and O–H groups in total. The van der Waals surface area contributed by atoms with E-state index in [1.54, 1.807) is 6.07 Å². The Balaban J connectivity index is 2.43. The molecule has 0 aliphatic rings. The van der Waals surface area contributed by atoms with E-state index in [1.807, 2.05) is 37.3 Å². The molecule has 0 aliphatic carbocycles. The quantitative estimate of drug-likeness (QED) is 0.620. The molecule has 0 spiro atoms. The maximum Gasteiger partial charge on any atom is 0.0711 e. The van der Waals surface area contributed by atoms with Crippen LogP contribution in [0.25, 0.3) is 0 Å². The third-order valence-corrected chi connectivity index (χ3v) is 4.57. The molecule has 19 heavy (non-hydrogen) atoms. The molecule has 5 heteroatoms. The molecule has 2 rings (SSSR count). The zero-order chi connectivity index (χ0) is 14.0. The molecule has 1 atom stereocenters. The average molecular weight is 360 g/mol. The summed E-state index contributed by atoms with van der Waals surface area (Å²) in [5.74, 6) is 5.67. The predicted molar refractivity (Wildman–Crippen MR) is 84.5 cm³/mol. The van der Waals surface area contributed by atoms with Crippen LogP contribution in [0, 0.1) is 6.92 Å². The van der Waals surface area contributed by atoms with E-state index in [-0.39, 0.29) is 6.04 Å². The molecule has 0 aromatic heterocycles. The molecule has 2 aromatic rings. The molecule has 0 heterocycles. The predicted octanol–water partition coefficient (Wildman–Crippen LogP) is 4.62. The highest BCUT2D eigenvalue weighted by Crippen LogP contribution is 2.30. The van der Waals surface area contributed by atoms with Gasteiger partial charge in [-0.3, -0.25) is 5.84 Å². The van der Waals surface area contributed by atoms with Crippen molar-refractivity contribution >= 4 is 39.1 Å². The van der Waals surface area contributed by atoms with Gasteiger partial charge in [-0.1, -0.05) is 57.3 Å². The van der Waals surface area contributed by atoms with Gasteiger partial charge in [0, 0.05) is 4.47 Å². The Morgan fingerprint density at radius 3 is 2.26 bits per heavy atom. The summed E-state index contributed by atoms with van der Waals surface area (Å²) in [6, 6.07) is 11.5. The van der Waals surface area contributed by atoms with Crippen LogP contribution < -0.4 is 11.3 Å². The number of aryl methyl sites for hydroxylation is 1. The maximum atomic E-state index is 6.05. The van der Waals surface area contributed by atoms with E-state index in [2.05, 4.69) is 21.4 Å². The summed E-state index contributed by atoms with van der Waals surface area (Å²) in [6.45, 7) is 2.04. The SMILES string of the molecule is Cc1ccc(C(NN)c2ccc(Cl)c(Cl)c2)cc1Br. The van der Waals surface area contributed by atoms with E-state index in [4.69, 9.17) is 29.0 Å². The summed E-state index contributed by atoms with van der Waals surface area (Å²) < 4.78 is 1.05. The van der Waals surface area contributed by atoms with Gasteiger partial charge in [0.15, 0.2) is 0 Å². The Labute approximate surface area is 131 Å². The van der Waals surface area contributed by atoms with Crippen molar-refractivity contribution in [3.8, 4) is 0 Å². The molecule has 0 saturated carbocycles. The number of nitrogens with two attached hydrogens (primary N) is 1. The van der Waals surface area contributed by atoms with E-state index in [9.17, 15) is 0 Å². The minimum absolute atomic E-state index is 0.133. The first-order chi connectivity index (χ1) is 9.02. The third-order valence-electron chi connectivity index (χ3n) is 2.97. The van der Waals surface area contributed by atoms with Gasteiger partial charge in [0.2, 0.25) is 0 Å². The van der Waals surface area contributed by atoms with Crippen LogP contribution in [0.5, 0.6) is 0 Å². The fourth-order valence-corrected chi connectivity index (χ4v) is 2.57. The lowest BCUT2D eigenvalue weighted by atomic mass is 9.98. The van der Waals surface area contributed by atoms with Crippen molar-refractivity contribution in [1.29, 1.82) is 0 Å². The first kappa shape index (κ1) is 14.8. The van der Waals surface area contributed by atoms with Gasteiger partial charge in [-0.15, -0.1) is 0 Å². The first-order valence-electron chi connectivity index (χ1n) is 5.70. The minimum atomic E-state index is -0.133. The topological polar surface area (TPSA) is 38.0 Å². The van der Waals surface area contributed by atoms with Gasteiger partial charge in [-0.25, -0.2) is 5.43 Å². The molecule has 0 fully saturated rings. The highest BCUT2D eigenvalue weighted by molar-refractivity contribution is 9.10. The lowest BCUT2D eigenvalue weighted by Gasteiger charge is -2.18. The smallest absolute Gasteiger partial charge is 0.0711 e. The van der Waals surface area contributed by atoms with Crippen molar-refractivity contribution in [2.24, 2.45) is 5.84 Å². The van der Waals surface area contributed by atoms with E-state index >= 15 is 0 Å². The fourth-order valence-electron chi connectivity index (χ4n) is 1.87. The Kier molecular flexibility index (Phi) is 4.87. The standard InChI is InChI=1S/C14H13BrCl2N2/c1-8-2-3-9(6-11(8)15)14(19-18)10-4-5-12(16)13(17)7-10/h2-7,14,19H,18H2,1H3. The van der Waals surface area contributed by atoms with Crippen LogP contribution in [0.4, 0.5) is 0 Å². The molecule has 2 nitrogen and oxygen atoms in total. The summed E-state index contributed by atoms with van der Waals surface area (Å²) in [6.07, 6.45) is 0. The Morgan fingerprint density at radius 2 is 1.68 bits per heavy atom. The van der Waals surface area contributed by atoms with Gasteiger partial charge in [0.05, 0.1) is 16.1 Å². The largest absolute Gasteiger partial charge is 0.271 e. The summed E-state index contributed by atoms with van der Waals surface area (Å²) >= 11 is 15.5. The number of hydrogen-bond acceptors (Lipinski definition) is 2. The number of halogens is 3. The van der Waals surface area contributed by atoms with Gasteiger partial charge >= 0.3 is 0 Å². The van der Waals surface area contributed by atoms with Crippen LogP contribution in [0.3, 0.4) is 0 Å². The van der Waals surface area contributed by atoms with Crippen LogP contribution in [-0.2, 0) is 0 Å². The van der Waals surface area contributed by atoms with Crippen molar-refractivity contribution < 1.29 is 0 Å². The van der Waals surface area contributed by atoms with Crippen LogP contribution in [0.2, 0.25) is 10.0 Å². The average Bonchev–Trinajstić information content (AvgIpc) is 2.39. The number of nitrogens with one attached hydrogen (secondary N) is 1. The third kappa shape index (κ3) is 3.30. The summed E-state index contributed by atoms with van der Waals surface area (Å²) in [7, 11) is 0. The van der Waals surface area contributed by atoms with E-state index in [0.717, 1.165) is 15.6 Å². The van der Waals surface area contributed by atoms with Crippen LogP contribution in [0.15, 0.2) is 40.9 Å². The zero-order valence-corrected chi connectivity index (χ0v) is 13.4. The lowest BCUT2D eigenvalue weighted by molar-refractivity contribution is 0.636. The van der Waals surface area contributed by atoms with Gasteiger partial charge in [0.25, 0.3) is 0 Å². The number of benzene rings is 2. The van der Waals surface area contributed by atoms with Gasteiger partial charge in [0.1, 0.15) is 0 Å². The Bertz CT molecular complexity index is 550. The Hall–Kier alpha value is -0.580. The van der Waals surface area contributed by atoms with Crippen molar-refractivity contribution in [1.82, 2.24) is 5.43 Å². The van der Waals surface area contributed by atoms with Crippen LogP contribution in [-0.4, -0.2) is 0 Å². The maximum absolute atomic E-state index is 6.05. The van der Waals surface area contributed by atoms with Crippen molar-refractivity contribution in [2.75, 3.05) is 0 Å². The number of hydrogen-bond donors (Lipinski definition) is 2. The molecule has 0 radical (unpaired) electrons. The minimum Gasteiger partial charge on any atom is -0.271 e. The second-order valence-corrected chi connectivity index (χ2v) is 5.95. The fraction of sp³-hybridized carbons (Fsp3) is 0.143. The summed E-state index contributed by atoms with van der Waals surface area (Å²) in [5, 5.41) is 1.05. The van der Waals surface area contributed by atoms with Gasteiger partial charge < -0.3 is 0 Å². The molecular weight excluding hydrogens is 347 g/mol.